The highest BCUT2D eigenvalue weighted by Gasteiger charge is 2.26. The molecule has 0 bridgehead atoms. The first-order valence-corrected chi connectivity index (χ1v) is 10.7. The van der Waals surface area contributed by atoms with Gasteiger partial charge in [0.05, 0.1) is 6.42 Å². The van der Waals surface area contributed by atoms with Gasteiger partial charge in [-0.2, -0.15) is 0 Å². The van der Waals surface area contributed by atoms with Crippen LogP contribution in [0.5, 0.6) is 5.75 Å². The van der Waals surface area contributed by atoms with Gasteiger partial charge < -0.3 is 15.6 Å². The van der Waals surface area contributed by atoms with Crippen LogP contribution in [0.25, 0.3) is 21.9 Å². The number of nitrogen functional groups attached to an aromatic ring is 1. The molecule has 0 saturated heterocycles. The van der Waals surface area contributed by atoms with Crippen LogP contribution in [-0.2, 0) is 17.6 Å². The van der Waals surface area contributed by atoms with Crippen LogP contribution >= 0.6 is 0 Å². The summed E-state index contributed by atoms with van der Waals surface area (Å²) in [5.74, 6) is 0.320. The van der Waals surface area contributed by atoms with Crippen molar-refractivity contribution in [1.29, 1.82) is 0 Å². The maximum absolute atomic E-state index is 11.4. The van der Waals surface area contributed by atoms with Crippen molar-refractivity contribution < 1.29 is 14.6 Å². The van der Waals surface area contributed by atoms with Crippen LogP contribution in [0.1, 0.15) is 34.8 Å². The SMILES string of the molecule is Cc1cccc(O[C@@H]2CCc3ccc(-c4ccc5ccnc(N)c5c4)cc32)c1CC(=O)O. The number of aliphatic carboxylic acids is 1. The van der Waals surface area contributed by atoms with Gasteiger partial charge in [-0.3, -0.25) is 4.79 Å². The second kappa shape index (κ2) is 8.00. The predicted octanol–water partition coefficient (Wildman–Crippen LogP) is 5.49. The molecule has 4 aromatic rings. The predicted molar refractivity (Wildman–Crippen MR) is 126 cm³/mol. The highest BCUT2D eigenvalue weighted by atomic mass is 16.5. The number of anilines is 1. The summed E-state index contributed by atoms with van der Waals surface area (Å²) in [5, 5.41) is 11.3. The standard InChI is InChI=1S/C27H24N2O3/c1-16-3-2-4-24(21(16)15-26(30)31)32-25-10-9-17-5-7-19(13-22(17)25)20-8-6-18-11-12-29-27(28)23(18)14-20/h2-8,11-14,25H,9-10,15H2,1H3,(H2,28,29)(H,30,31)/t25-/m1/s1. The zero-order chi connectivity index (χ0) is 22.2. The Morgan fingerprint density at radius 2 is 1.94 bits per heavy atom. The minimum atomic E-state index is -0.858. The van der Waals surface area contributed by atoms with Gasteiger partial charge in [0.2, 0.25) is 0 Å². The molecule has 160 valence electrons. The summed E-state index contributed by atoms with van der Waals surface area (Å²) in [6.07, 6.45) is 3.38. The molecule has 1 aromatic heterocycles. The number of aromatic nitrogens is 1. The van der Waals surface area contributed by atoms with Crippen molar-refractivity contribution in [3.63, 3.8) is 0 Å². The molecule has 5 rings (SSSR count). The van der Waals surface area contributed by atoms with Crippen LogP contribution in [0, 0.1) is 6.92 Å². The third kappa shape index (κ3) is 3.66. The van der Waals surface area contributed by atoms with Gasteiger partial charge in [-0.15, -0.1) is 0 Å². The number of hydrogen-bond donors (Lipinski definition) is 2. The lowest BCUT2D eigenvalue weighted by Crippen LogP contribution is -2.09. The Hall–Kier alpha value is -3.86. The smallest absolute Gasteiger partial charge is 0.307 e. The van der Waals surface area contributed by atoms with Crippen molar-refractivity contribution >= 4 is 22.6 Å². The summed E-state index contributed by atoms with van der Waals surface area (Å²) in [6, 6.07) is 20.4. The van der Waals surface area contributed by atoms with E-state index in [9.17, 15) is 9.90 Å². The van der Waals surface area contributed by atoms with Crippen LogP contribution in [0.4, 0.5) is 5.82 Å². The van der Waals surface area contributed by atoms with Crippen LogP contribution in [-0.4, -0.2) is 16.1 Å². The number of fused-ring (bicyclic) bond motifs is 2. The Morgan fingerprint density at radius 1 is 1.12 bits per heavy atom. The van der Waals surface area contributed by atoms with Crippen LogP contribution in [0.15, 0.2) is 66.9 Å². The van der Waals surface area contributed by atoms with Crippen LogP contribution < -0.4 is 10.5 Å². The zero-order valence-corrected chi connectivity index (χ0v) is 17.8. The van der Waals surface area contributed by atoms with Crippen molar-refractivity contribution in [3.05, 3.63) is 89.1 Å². The van der Waals surface area contributed by atoms with E-state index in [-0.39, 0.29) is 12.5 Å². The van der Waals surface area contributed by atoms with Gasteiger partial charge >= 0.3 is 5.97 Å². The Morgan fingerprint density at radius 3 is 2.78 bits per heavy atom. The topological polar surface area (TPSA) is 85.4 Å². The molecular weight excluding hydrogens is 400 g/mol. The highest BCUT2D eigenvalue weighted by Crippen LogP contribution is 2.39. The normalized spacial score (nSPS) is 15.0. The maximum atomic E-state index is 11.4. The third-order valence-electron chi connectivity index (χ3n) is 6.26. The number of ether oxygens (including phenoxy) is 1. The number of carboxylic acid groups (broad SMARTS) is 1. The third-order valence-corrected chi connectivity index (χ3v) is 6.26. The Kier molecular flexibility index (Phi) is 5.02. The van der Waals surface area contributed by atoms with E-state index in [0.29, 0.717) is 11.6 Å². The van der Waals surface area contributed by atoms with Gasteiger partial charge in [0.25, 0.3) is 0 Å². The summed E-state index contributed by atoms with van der Waals surface area (Å²) >= 11 is 0. The highest BCUT2D eigenvalue weighted by molar-refractivity contribution is 5.94. The van der Waals surface area contributed by atoms with Gasteiger partial charge in [0, 0.05) is 17.1 Å². The van der Waals surface area contributed by atoms with Crippen molar-refractivity contribution in [3.8, 4) is 16.9 Å². The van der Waals surface area contributed by atoms with Gasteiger partial charge in [-0.25, -0.2) is 4.98 Å². The number of pyridine rings is 1. The largest absolute Gasteiger partial charge is 0.485 e. The molecule has 5 heteroatoms. The number of rotatable bonds is 5. The Bertz CT molecular complexity index is 1350. The number of carboxylic acids is 1. The van der Waals surface area contributed by atoms with E-state index in [1.807, 2.05) is 31.2 Å². The Labute approximate surface area is 186 Å². The second-order valence-electron chi connectivity index (χ2n) is 8.31. The molecule has 0 aliphatic heterocycles. The zero-order valence-electron chi connectivity index (χ0n) is 17.8. The number of nitrogens with zero attached hydrogens (tertiary/aromatic N) is 1. The molecule has 1 heterocycles. The van der Waals surface area contributed by atoms with Crippen molar-refractivity contribution in [2.75, 3.05) is 5.73 Å². The number of carbonyl (C=O) groups is 1. The molecule has 0 spiro atoms. The van der Waals surface area contributed by atoms with E-state index in [4.69, 9.17) is 10.5 Å². The lowest BCUT2D eigenvalue weighted by Gasteiger charge is -2.19. The summed E-state index contributed by atoms with van der Waals surface area (Å²) in [4.78, 5) is 15.6. The number of aryl methyl sites for hydroxylation is 2. The summed E-state index contributed by atoms with van der Waals surface area (Å²) in [5.41, 5.74) is 12.4. The molecule has 0 amide bonds. The van der Waals surface area contributed by atoms with Crippen molar-refractivity contribution in [2.45, 2.75) is 32.3 Å². The van der Waals surface area contributed by atoms with Gasteiger partial charge in [-0.1, -0.05) is 36.4 Å². The van der Waals surface area contributed by atoms with Gasteiger partial charge in [0.1, 0.15) is 17.7 Å². The molecule has 0 fully saturated rings. The number of hydrogen-bond acceptors (Lipinski definition) is 4. The van der Waals surface area contributed by atoms with Gasteiger partial charge in [-0.05, 0) is 77.2 Å². The van der Waals surface area contributed by atoms with Crippen molar-refractivity contribution in [2.24, 2.45) is 0 Å². The molecule has 5 nitrogen and oxygen atoms in total. The minimum Gasteiger partial charge on any atom is -0.485 e. The summed E-state index contributed by atoms with van der Waals surface area (Å²) < 4.78 is 6.40. The molecule has 32 heavy (non-hydrogen) atoms. The number of benzene rings is 3. The molecule has 1 atom stereocenters. The van der Waals surface area contributed by atoms with Gasteiger partial charge in [0.15, 0.2) is 0 Å². The molecular formula is C27H24N2O3. The monoisotopic (exact) mass is 424 g/mol. The van der Waals surface area contributed by atoms with E-state index in [2.05, 4.69) is 41.4 Å². The van der Waals surface area contributed by atoms with Crippen molar-refractivity contribution in [1.82, 2.24) is 4.98 Å². The van der Waals surface area contributed by atoms with E-state index in [1.54, 1.807) is 6.20 Å². The second-order valence-corrected chi connectivity index (χ2v) is 8.31. The molecule has 3 N–H and O–H groups in total. The fraction of sp³-hybridized carbons (Fsp3) is 0.185. The molecule has 1 aliphatic carbocycles. The first-order chi connectivity index (χ1) is 15.5. The molecule has 1 aliphatic rings. The molecule has 0 unspecified atom stereocenters. The van der Waals surface area contributed by atoms with E-state index >= 15 is 0 Å². The molecule has 3 aromatic carbocycles. The average Bonchev–Trinajstić information content (AvgIpc) is 3.18. The first-order valence-electron chi connectivity index (χ1n) is 10.7. The lowest BCUT2D eigenvalue weighted by molar-refractivity contribution is -0.136. The van der Waals surface area contributed by atoms with Crippen LogP contribution in [0.3, 0.4) is 0 Å². The van der Waals surface area contributed by atoms with E-state index in [0.717, 1.165) is 51.4 Å². The first kappa shape index (κ1) is 20.1. The number of nitrogens with two attached hydrogens (primary N) is 1. The maximum Gasteiger partial charge on any atom is 0.307 e. The fourth-order valence-corrected chi connectivity index (χ4v) is 4.55. The van der Waals surface area contributed by atoms with Crippen LogP contribution in [0.2, 0.25) is 0 Å². The quantitative estimate of drug-likeness (QED) is 0.443. The minimum absolute atomic E-state index is 0.0474. The average molecular weight is 425 g/mol. The fourth-order valence-electron chi connectivity index (χ4n) is 4.55. The summed E-state index contributed by atoms with van der Waals surface area (Å²) in [6.45, 7) is 1.92. The Balaban J connectivity index is 1.50. The summed E-state index contributed by atoms with van der Waals surface area (Å²) in [7, 11) is 0. The molecule has 0 radical (unpaired) electrons. The van der Waals surface area contributed by atoms with E-state index in [1.165, 1.54) is 5.56 Å². The lowest BCUT2D eigenvalue weighted by atomic mass is 9.98. The molecule has 0 saturated carbocycles. The van der Waals surface area contributed by atoms with E-state index < -0.39 is 5.97 Å².